The second kappa shape index (κ2) is 6.03. The largest absolute Gasteiger partial charge is 0.419 e. The summed E-state index contributed by atoms with van der Waals surface area (Å²) in [6.07, 6.45) is -0.475. The maximum atomic E-state index is 13.2. The third-order valence-electron chi connectivity index (χ3n) is 3.87. The predicted molar refractivity (Wildman–Crippen MR) is 70.3 cm³/mol. The molecule has 0 atom stereocenters. The zero-order chi connectivity index (χ0) is 15.6. The smallest absolute Gasteiger partial charge is 0.341 e. The highest BCUT2D eigenvalue weighted by Gasteiger charge is 2.35. The Bertz CT molecular complexity index is 521. The molecule has 0 spiro atoms. The molecule has 21 heavy (non-hydrogen) atoms. The Morgan fingerprint density at radius 3 is 2.48 bits per heavy atom. The molecule has 0 aromatic heterocycles. The first-order chi connectivity index (χ1) is 9.79. The summed E-state index contributed by atoms with van der Waals surface area (Å²) in [6.45, 7) is 0.525. The summed E-state index contributed by atoms with van der Waals surface area (Å²) in [5.41, 5.74) is -1.54. The number of nitrogens with zero attached hydrogens (tertiary/aromatic N) is 1. The van der Waals surface area contributed by atoms with Gasteiger partial charge in [0.05, 0.1) is 5.56 Å². The Hall–Kier alpha value is -1.59. The second-order valence-corrected chi connectivity index (χ2v) is 5.53. The summed E-state index contributed by atoms with van der Waals surface area (Å²) >= 11 is 0. The second-order valence-electron chi connectivity index (χ2n) is 5.53. The van der Waals surface area contributed by atoms with Crippen LogP contribution in [0.2, 0.25) is 0 Å². The minimum Gasteiger partial charge on any atom is -0.341 e. The van der Waals surface area contributed by atoms with Gasteiger partial charge in [-0.2, -0.15) is 13.2 Å². The summed E-state index contributed by atoms with van der Waals surface area (Å²) in [7, 11) is 1.57. The SMILES string of the molecule is CN(CC1CCCC1)C(=O)c1ccc(F)c(C(F)(F)F)c1. The zero-order valence-electron chi connectivity index (χ0n) is 11.7. The van der Waals surface area contributed by atoms with Gasteiger partial charge in [-0.25, -0.2) is 4.39 Å². The summed E-state index contributed by atoms with van der Waals surface area (Å²) < 4.78 is 51.2. The molecule has 1 fully saturated rings. The van der Waals surface area contributed by atoms with Crippen LogP contribution in [0.15, 0.2) is 18.2 Å². The number of rotatable bonds is 3. The average molecular weight is 303 g/mol. The lowest BCUT2D eigenvalue weighted by atomic mass is 10.1. The van der Waals surface area contributed by atoms with Gasteiger partial charge >= 0.3 is 6.18 Å². The molecule has 1 saturated carbocycles. The van der Waals surface area contributed by atoms with E-state index in [0.717, 1.165) is 31.7 Å². The standard InChI is InChI=1S/C15H17F4NO/c1-20(9-10-4-2-3-5-10)14(21)11-6-7-13(16)12(8-11)15(17,18)19/h6-8,10H,2-5,9H2,1H3. The van der Waals surface area contributed by atoms with Crippen LogP contribution in [0.25, 0.3) is 0 Å². The van der Waals surface area contributed by atoms with Crippen LogP contribution >= 0.6 is 0 Å². The highest BCUT2D eigenvalue weighted by atomic mass is 19.4. The number of benzene rings is 1. The molecule has 0 radical (unpaired) electrons. The van der Waals surface area contributed by atoms with Crippen molar-refractivity contribution in [2.24, 2.45) is 5.92 Å². The molecule has 2 nitrogen and oxygen atoms in total. The molecule has 0 N–H and O–H groups in total. The van der Waals surface area contributed by atoms with E-state index in [2.05, 4.69) is 0 Å². The van der Waals surface area contributed by atoms with Crippen molar-refractivity contribution in [1.82, 2.24) is 4.90 Å². The molecule has 116 valence electrons. The topological polar surface area (TPSA) is 20.3 Å². The number of alkyl halides is 3. The summed E-state index contributed by atoms with van der Waals surface area (Å²) in [5, 5.41) is 0. The molecule has 1 aromatic rings. The van der Waals surface area contributed by atoms with Gasteiger partial charge in [-0.1, -0.05) is 12.8 Å². The number of hydrogen-bond donors (Lipinski definition) is 0. The van der Waals surface area contributed by atoms with Gasteiger partial charge in [0.15, 0.2) is 0 Å². The first-order valence-electron chi connectivity index (χ1n) is 6.91. The van der Waals surface area contributed by atoms with E-state index in [4.69, 9.17) is 0 Å². The Morgan fingerprint density at radius 2 is 1.90 bits per heavy atom. The monoisotopic (exact) mass is 303 g/mol. The fraction of sp³-hybridized carbons (Fsp3) is 0.533. The fourth-order valence-electron chi connectivity index (χ4n) is 2.76. The van der Waals surface area contributed by atoms with Crippen LogP contribution in [0.4, 0.5) is 17.6 Å². The highest BCUT2D eigenvalue weighted by Crippen LogP contribution is 2.32. The maximum absolute atomic E-state index is 13.2. The molecule has 1 aliphatic carbocycles. The molecular formula is C15H17F4NO. The van der Waals surface area contributed by atoms with Crippen LogP contribution < -0.4 is 0 Å². The van der Waals surface area contributed by atoms with E-state index < -0.39 is 23.5 Å². The molecule has 0 unspecified atom stereocenters. The first kappa shape index (κ1) is 15.8. The summed E-state index contributed by atoms with van der Waals surface area (Å²) in [5.74, 6) is -1.47. The Balaban J connectivity index is 2.15. The third kappa shape index (κ3) is 3.74. The molecule has 0 heterocycles. The van der Waals surface area contributed by atoms with Crippen molar-refractivity contribution in [3.63, 3.8) is 0 Å². The van der Waals surface area contributed by atoms with Crippen molar-refractivity contribution in [3.8, 4) is 0 Å². The number of halogens is 4. The van der Waals surface area contributed by atoms with Crippen molar-refractivity contribution < 1.29 is 22.4 Å². The minimum atomic E-state index is -4.80. The van der Waals surface area contributed by atoms with E-state index in [1.807, 2.05) is 0 Å². The van der Waals surface area contributed by atoms with Gasteiger partial charge in [0, 0.05) is 19.2 Å². The quantitative estimate of drug-likeness (QED) is 0.770. The van der Waals surface area contributed by atoms with Crippen molar-refractivity contribution >= 4 is 5.91 Å². The van der Waals surface area contributed by atoms with E-state index in [0.29, 0.717) is 24.6 Å². The van der Waals surface area contributed by atoms with Gasteiger partial charge in [-0.3, -0.25) is 4.79 Å². The van der Waals surface area contributed by atoms with Gasteiger partial charge in [-0.05, 0) is 37.0 Å². The van der Waals surface area contributed by atoms with Crippen LogP contribution in [0, 0.1) is 11.7 Å². The number of amides is 1. The number of hydrogen-bond acceptors (Lipinski definition) is 1. The van der Waals surface area contributed by atoms with Crippen molar-refractivity contribution in [2.45, 2.75) is 31.9 Å². The van der Waals surface area contributed by atoms with Gasteiger partial charge in [0.2, 0.25) is 0 Å². The number of carbonyl (C=O) groups is 1. The number of carbonyl (C=O) groups excluding carboxylic acids is 1. The Kier molecular flexibility index (Phi) is 4.54. The Morgan fingerprint density at radius 1 is 1.29 bits per heavy atom. The zero-order valence-corrected chi connectivity index (χ0v) is 11.7. The van der Waals surface area contributed by atoms with Gasteiger partial charge < -0.3 is 4.90 Å². The van der Waals surface area contributed by atoms with E-state index in [9.17, 15) is 22.4 Å². The van der Waals surface area contributed by atoms with E-state index in [1.54, 1.807) is 7.05 Å². The van der Waals surface area contributed by atoms with E-state index in [-0.39, 0.29) is 5.56 Å². The van der Waals surface area contributed by atoms with Crippen molar-refractivity contribution in [3.05, 3.63) is 35.1 Å². The lowest BCUT2D eigenvalue weighted by Gasteiger charge is -2.21. The molecule has 1 aromatic carbocycles. The molecule has 6 heteroatoms. The molecule has 0 saturated heterocycles. The molecule has 1 amide bonds. The lowest BCUT2D eigenvalue weighted by Crippen LogP contribution is -2.31. The van der Waals surface area contributed by atoms with Crippen LogP contribution in [-0.4, -0.2) is 24.4 Å². The molecular weight excluding hydrogens is 286 g/mol. The normalized spacial score (nSPS) is 16.2. The maximum Gasteiger partial charge on any atom is 0.419 e. The lowest BCUT2D eigenvalue weighted by molar-refractivity contribution is -0.140. The van der Waals surface area contributed by atoms with E-state index in [1.165, 1.54) is 4.90 Å². The van der Waals surface area contributed by atoms with Crippen molar-refractivity contribution in [1.29, 1.82) is 0 Å². The van der Waals surface area contributed by atoms with Crippen LogP contribution in [0.3, 0.4) is 0 Å². The molecule has 0 aliphatic heterocycles. The summed E-state index contributed by atoms with van der Waals surface area (Å²) in [4.78, 5) is 13.6. The van der Waals surface area contributed by atoms with Crippen molar-refractivity contribution in [2.75, 3.05) is 13.6 Å². The highest BCUT2D eigenvalue weighted by molar-refractivity contribution is 5.94. The third-order valence-corrected chi connectivity index (χ3v) is 3.87. The van der Waals surface area contributed by atoms with Crippen LogP contribution in [0.5, 0.6) is 0 Å². The molecule has 1 aliphatic rings. The van der Waals surface area contributed by atoms with Gasteiger partial charge in [0.25, 0.3) is 5.91 Å². The first-order valence-corrected chi connectivity index (χ1v) is 6.91. The van der Waals surface area contributed by atoms with Crippen LogP contribution in [-0.2, 0) is 6.18 Å². The van der Waals surface area contributed by atoms with Gasteiger partial charge in [0.1, 0.15) is 5.82 Å². The Labute approximate surface area is 120 Å². The molecule has 0 bridgehead atoms. The molecule has 2 rings (SSSR count). The van der Waals surface area contributed by atoms with Crippen LogP contribution in [0.1, 0.15) is 41.6 Å². The van der Waals surface area contributed by atoms with Gasteiger partial charge in [-0.15, -0.1) is 0 Å². The fourth-order valence-corrected chi connectivity index (χ4v) is 2.76. The average Bonchev–Trinajstić information content (AvgIpc) is 2.90. The van der Waals surface area contributed by atoms with E-state index >= 15 is 0 Å². The minimum absolute atomic E-state index is 0.135. The predicted octanol–water partition coefficient (Wildman–Crippen LogP) is 4.11. The summed E-state index contributed by atoms with van der Waals surface area (Å²) in [6, 6.07) is 2.38.